The third-order valence-corrected chi connectivity index (χ3v) is 4.76. The van der Waals surface area contributed by atoms with Crippen LogP contribution in [0, 0.1) is 0 Å². The van der Waals surface area contributed by atoms with Gasteiger partial charge in [-0.2, -0.15) is 0 Å². The van der Waals surface area contributed by atoms with Gasteiger partial charge in [0.25, 0.3) is 0 Å². The summed E-state index contributed by atoms with van der Waals surface area (Å²) in [5, 5.41) is 7.68. The zero-order valence-electron chi connectivity index (χ0n) is 15.0. The first-order valence-corrected chi connectivity index (χ1v) is 10.3. The predicted octanol–water partition coefficient (Wildman–Crippen LogP) is 1.85. The minimum absolute atomic E-state index is 0.00725. The van der Waals surface area contributed by atoms with Crippen LogP contribution in [-0.4, -0.2) is 33.3 Å². The van der Waals surface area contributed by atoms with Gasteiger partial charge in [-0.05, 0) is 35.9 Å². The van der Waals surface area contributed by atoms with Crippen LogP contribution in [0.1, 0.15) is 28.8 Å². The number of carbonyl (C=O) groups is 2. The van der Waals surface area contributed by atoms with Gasteiger partial charge in [0.15, 0.2) is 17.3 Å². The number of hydrogen-bond donors (Lipinski definition) is 2. The Hall–Kier alpha value is -2.91. The summed E-state index contributed by atoms with van der Waals surface area (Å²) < 4.78 is 33.2. The number of carbonyl (C=O) groups excluding carboxylic acids is 2. The number of primary sulfonamides is 1. The predicted molar refractivity (Wildman–Crippen MR) is 103 cm³/mol. The Morgan fingerprint density at radius 1 is 1.00 bits per heavy atom. The van der Waals surface area contributed by atoms with Crippen LogP contribution in [0.15, 0.2) is 42.5 Å². The second-order valence-corrected chi connectivity index (χ2v) is 7.95. The Kier molecular flexibility index (Phi) is 5.96. The van der Waals surface area contributed by atoms with Gasteiger partial charge < -0.3 is 14.8 Å². The van der Waals surface area contributed by atoms with E-state index in [1.54, 1.807) is 36.4 Å². The Bertz CT molecular complexity index is 1000. The van der Waals surface area contributed by atoms with Gasteiger partial charge in [0, 0.05) is 24.1 Å². The van der Waals surface area contributed by atoms with Crippen molar-refractivity contribution in [1.29, 1.82) is 0 Å². The number of fused-ring (bicyclic) bond motifs is 1. The van der Waals surface area contributed by atoms with Crippen molar-refractivity contribution in [3.05, 3.63) is 53.6 Å². The van der Waals surface area contributed by atoms with Crippen molar-refractivity contribution >= 4 is 27.4 Å². The monoisotopic (exact) mass is 404 g/mol. The number of ketones is 1. The summed E-state index contributed by atoms with van der Waals surface area (Å²) in [5.41, 5.74) is 1.36. The van der Waals surface area contributed by atoms with E-state index < -0.39 is 10.0 Å². The van der Waals surface area contributed by atoms with E-state index in [1.165, 1.54) is 6.07 Å². The molecule has 0 aliphatic carbocycles. The molecule has 0 unspecified atom stereocenters. The first-order chi connectivity index (χ1) is 13.3. The maximum Gasteiger partial charge on any atom is 0.224 e. The lowest BCUT2D eigenvalue weighted by atomic mass is 10.1. The summed E-state index contributed by atoms with van der Waals surface area (Å²) >= 11 is 0. The second-order valence-electron chi connectivity index (χ2n) is 6.34. The molecule has 148 valence electrons. The first kappa shape index (κ1) is 19.8. The van der Waals surface area contributed by atoms with Crippen molar-refractivity contribution in [3.63, 3.8) is 0 Å². The fourth-order valence-corrected chi connectivity index (χ4v) is 3.43. The molecule has 1 amide bonds. The average Bonchev–Trinajstić information content (AvgIpc) is 2.64. The fraction of sp³-hybridized carbons (Fsp3) is 0.263. The van der Waals surface area contributed by atoms with Gasteiger partial charge >= 0.3 is 0 Å². The lowest BCUT2D eigenvalue weighted by Crippen LogP contribution is -2.16. The lowest BCUT2D eigenvalue weighted by Gasteiger charge is -2.18. The van der Waals surface area contributed by atoms with E-state index in [-0.39, 0.29) is 30.3 Å². The summed E-state index contributed by atoms with van der Waals surface area (Å²) in [4.78, 5) is 24.5. The standard InChI is InChI=1S/C19H20N2O6S/c20-28(24,25)12-13-2-1-3-15(10-13)21-19(23)7-5-16(22)14-4-6-17-18(11-14)27-9-8-26-17/h1-4,6,10-11H,5,7-9,12H2,(H,21,23)(H2,20,24,25). The Morgan fingerprint density at radius 3 is 2.50 bits per heavy atom. The van der Waals surface area contributed by atoms with Gasteiger partial charge in [-0.15, -0.1) is 0 Å². The highest BCUT2D eigenvalue weighted by Gasteiger charge is 2.16. The van der Waals surface area contributed by atoms with Crippen LogP contribution in [0.5, 0.6) is 11.5 Å². The van der Waals surface area contributed by atoms with E-state index in [9.17, 15) is 18.0 Å². The zero-order valence-corrected chi connectivity index (χ0v) is 15.8. The summed E-state index contributed by atoms with van der Waals surface area (Å²) in [5.74, 6) is 0.265. The molecule has 0 bridgehead atoms. The van der Waals surface area contributed by atoms with Crippen LogP contribution in [0.2, 0.25) is 0 Å². The molecule has 3 N–H and O–H groups in total. The summed E-state index contributed by atoms with van der Waals surface area (Å²) in [6.45, 7) is 0.899. The molecule has 3 rings (SSSR count). The lowest BCUT2D eigenvalue weighted by molar-refractivity contribution is -0.116. The molecule has 1 aliphatic rings. The van der Waals surface area contributed by atoms with Gasteiger partial charge in [0.2, 0.25) is 15.9 Å². The van der Waals surface area contributed by atoms with Crippen LogP contribution in [0.3, 0.4) is 0 Å². The van der Waals surface area contributed by atoms with E-state index in [0.717, 1.165) is 0 Å². The molecule has 1 aliphatic heterocycles. The van der Waals surface area contributed by atoms with Crippen molar-refractivity contribution < 1.29 is 27.5 Å². The van der Waals surface area contributed by atoms with Gasteiger partial charge in [0.1, 0.15) is 13.2 Å². The molecule has 0 saturated carbocycles. The minimum atomic E-state index is -3.66. The molecule has 8 nitrogen and oxygen atoms in total. The number of rotatable bonds is 7. The zero-order chi connectivity index (χ0) is 20.1. The van der Waals surface area contributed by atoms with E-state index in [0.29, 0.717) is 41.5 Å². The van der Waals surface area contributed by atoms with Crippen molar-refractivity contribution in [3.8, 4) is 11.5 Å². The number of anilines is 1. The molecule has 9 heteroatoms. The maximum atomic E-state index is 12.3. The Labute approximate surface area is 162 Å². The number of benzene rings is 2. The van der Waals surface area contributed by atoms with Crippen LogP contribution in [0.25, 0.3) is 0 Å². The molecule has 2 aromatic carbocycles. The van der Waals surface area contributed by atoms with E-state index in [1.807, 2.05) is 0 Å². The smallest absolute Gasteiger partial charge is 0.224 e. The van der Waals surface area contributed by atoms with Crippen LogP contribution in [0.4, 0.5) is 5.69 Å². The SMILES string of the molecule is NS(=O)(=O)Cc1cccc(NC(=O)CCC(=O)c2ccc3c(c2)OCCO3)c1. The maximum absolute atomic E-state index is 12.3. The highest BCUT2D eigenvalue weighted by Crippen LogP contribution is 2.31. The average molecular weight is 404 g/mol. The number of hydrogen-bond acceptors (Lipinski definition) is 6. The number of nitrogens with two attached hydrogens (primary N) is 1. The van der Waals surface area contributed by atoms with Crippen LogP contribution < -0.4 is 19.9 Å². The largest absolute Gasteiger partial charge is 0.486 e. The van der Waals surface area contributed by atoms with E-state index in [4.69, 9.17) is 14.6 Å². The number of ether oxygens (including phenoxy) is 2. The molecular formula is C19H20N2O6S. The molecule has 0 atom stereocenters. The highest BCUT2D eigenvalue weighted by atomic mass is 32.2. The van der Waals surface area contributed by atoms with Crippen LogP contribution in [-0.2, 0) is 20.6 Å². The minimum Gasteiger partial charge on any atom is -0.486 e. The number of sulfonamides is 1. The Balaban J connectivity index is 1.55. The van der Waals surface area contributed by atoms with Crippen molar-refractivity contribution in [2.24, 2.45) is 5.14 Å². The molecular weight excluding hydrogens is 384 g/mol. The third-order valence-electron chi connectivity index (χ3n) is 4.02. The van der Waals surface area contributed by atoms with E-state index >= 15 is 0 Å². The van der Waals surface area contributed by atoms with Crippen molar-refractivity contribution in [2.45, 2.75) is 18.6 Å². The van der Waals surface area contributed by atoms with E-state index in [2.05, 4.69) is 5.32 Å². The number of nitrogens with one attached hydrogen (secondary N) is 1. The quantitative estimate of drug-likeness (QED) is 0.679. The number of Topliss-reactive ketones (excluding diaryl/α,β-unsaturated/α-hetero) is 1. The molecule has 0 saturated heterocycles. The molecule has 0 radical (unpaired) electrons. The molecule has 0 aromatic heterocycles. The summed E-state index contributed by atoms with van der Waals surface area (Å²) in [6, 6.07) is 11.3. The fourth-order valence-electron chi connectivity index (χ4n) is 2.78. The topological polar surface area (TPSA) is 125 Å². The Morgan fingerprint density at radius 2 is 1.75 bits per heavy atom. The van der Waals surface area contributed by atoms with Gasteiger partial charge in [-0.25, -0.2) is 13.6 Å². The molecule has 0 fully saturated rings. The second kappa shape index (κ2) is 8.41. The highest BCUT2D eigenvalue weighted by molar-refractivity contribution is 7.88. The summed E-state index contributed by atoms with van der Waals surface area (Å²) in [6.07, 6.45) is 0.0229. The normalized spacial score (nSPS) is 13.0. The van der Waals surface area contributed by atoms with Crippen LogP contribution >= 0.6 is 0 Å². The van der Waals surface area contributed by atoms with Gasteiger partial charge in [0.05, 0.1) is 5.75 Å². The number of amides is 1. The third kappa shape index (κ3) is 5.54. The first-order valence-electron chi connectivity index (χ1n) is 8.62. The van der Waals surface area contributed by atoms with Crippen molar-refractivity contribution in [1.82, 2.24) is 0 Å². The molecule has 0 spiro atoms. The van der Waals surface area contributed by atoms with Gasteiger partial charge in [-0.3, -0.25) is 9.59 Å². The van der Waals surface area contributed by atoms with Gasteiger partial charge in [-0.1, -0.05) is 12.1 Å². The summed E-state index contributed by atoms with van der Waals surface area (Å²) in [7, 11) is -3.66. The molecule has 28 heavy (non-hydrogen) atoms. The molecule has 2 aromatic rings. The van der Waals surface area contributed by atoms with Crippen molar-refractivity contribution in [2.75, 3.05) is 18.5 Å². The molecule has 1 heterocycles.